The van der Waals surface area contributed by atoms with Crippen LogP contribution in [-0.2, 0) is 15.9 Å². The van der Waals surface area contributed by atoms with E-state index in [0.29, 0.717) is 13.2 Å². The number of halogens is 1. The predicted molar refractivity (Wildman–Crippen MR) is 75.3 cm³/mol. The standard InChI is InChI=1S/C16H15ClO2/c17-15-3-1-2-13(11-15)10-12-4-6-14(7-5-12)16-18-8-9-19-16/h1-7,11,16H,8-10H2. The Morgan fingerprint density at radius 2 is 1.68 bits per heavy atom. The van der Waals surface area contributed by atoms with Crippen molar-refractivity contribution in [3.8, 4) is 0 Å². The quantitative estimate of drug-likeness (QED) is 0.843. The van der Waals surface area contributed by atoms with Crippen molar-refractivity contribution in [2.24, 2.45) is 0 Å². The SMILES string of the molecule is Clc1cccc(Cc2ccc(C3OCCO3)cc2)c1. The van der Waals surface area contributed by atoms with Crippen molar-refractivity contribution in [3.05, 3.63) is 70.2 Å². The van der Waals surface area contributed by atoms with Gasteiger partial charge in [-0.25, -0.2) is 0 Å². The largest absolute Gasteiger partial charge is 0.346 e. The third-order valence-electron chi connectivity index (χ3n) is 3.17. The second-order valence-electron chi connectivity index (χ2n) is 4.62. The van der Waals surface area contributed by atoms with Gasteiger partial charge in [-0.1, -0.05) is 48.0 Å². The summed E-state index contributed by atoms with van der Waals surface area (Å²) >= 11 is 5.99. The molecule has 2 nitrogen and oxygen atoms in total. The van der Waals surface area contributed by atoms with Gasteiger partial charge in [-0.2, -0.15) is 0 Å². The van der Waals surface area contributed by atoms with Crippen molar-refractivity contribution in [3.63, 3.8) is 0 Å². The van der Waals surface area contributed by atoms with Crippen molar-refractivity contribution in [2.45, 2.75) is 12.7 Å². The lowest BCUT2D eigenvalue weighted by Crippen LogP contribution is -1.98. The molecule has 98 valence electrons. The van der Waals surface area contributed by atoms with Crippen LogP contribution in [0.5, 0.6) is 0 Å². The number of rotatable bonds is 3. The Morgan fingerprint density at radius 1 is 0.947 bits per heavy atom. The third-order valence-corrected chi connectivity index (χ3v) is 3.41. The molecule has 0 saturated carbocycles. The first-order valence-corrected chi connectivity index (χ1v) is 6.75. The maximum absolute atomic E-state index is 5.99. The Morgan fingerprint density at radius 3 is 2.37 bits per heavy atom. The normalized spacial score (nSPS) is 15.8. The van der Waals surface area contributed by atoms with Gasteiger partial charge in [0, 0.05) is 10.6 Å². The highest BCUT2D eigenvalue weighted by Crippen LogP contribution is 2.24. The molecule has 3 heteroatoms. The highest BCUT2D eigenvalue weighted by Gasteiger charge is 2.17. The summed E-state index contributed by atoms with van der Waals surface area (Å²) in [5, 5.41) is 0.780. The Kier molecular flexibility index (Phi) is 3.83. The lowest BCUT2D eigenvalue weighted by molar-refractivity contribution is -0.0441. The number of hydrogen-bond donors (Lipinski definition) is 0. The lowest BCUT2D eigenvalue weighted by atomic mass is 10.0. The van der Waals surface area contributed by atoms with Crippen LogP contribution in [0.4, 0.5) is 0 Å². The summed E-state index contributed by atoms with van der Waals surface area (Å²) in [6, 6.07) is 16.3. The molecule has 0 amide bonds. The number of benzene rings is 2. The van der Waals surface area contributed by atoms with Crippen LogP contribution in [-0.4, -0.2) is 13.2 Å². The van der Waals surface area contributed by atoms with Crippen molar-refractivity contribution >= 4 is 11.6 Å². The van der Waals surface area contributed by atoms with Crippen LogP contribution in [0.25, 0.3) is 0 Å². The van der Waals surface area contributed by atoms with Crippen LogP contribution in [0.15, 0.2) is 48.5 Å². The van der Waals surface area contributed by atoms with Crippen LogP contribution in [0.3, 0.4) is 0 Å². The van der Waals surface area contributed by atoms with Crippen molar-refractivity contribution in [1.29, 1.82) is 0 Å². The van der Waals surface area contributed by atoms with Gasteiger partial charge in [-0.15, -0.1) is 0 Å². The van der Waals surface area contributed by atoms with Gasteiger partial charge in [-0.3, -0.25) is 0 Å². The molecule has 0 unspecified atom stereocenters. The van der Waals surface area contributed by atoms with E-state index >= 15 is 0 Å². The van der Waals surface area contributed by atoms with Gasteiger partial charge in [0.2, 0.25) is 0 Å². The molecular weight excluding hydrogens is 260 g/mol. The molecule has 0 bridgehead atoms. The van der Waals surface area contributed by atoms with E-state index in [0.717, 1.165) is 17.0 Å². The van der Waals surface area contributed by atoms with Gasteiger partial charge >= 0.3 is 0 Å². The van der Waals surface area contributed by atoms with E-state index in [1.807, 2.05) is 18.2 Å². The molecule has 2 aromatic carbocycles. The van der Waals surface area contributed by atoms with E-state index in [-0.39, 0.29) is 6.29 Å². The van der Waals surface area contributed by atoms with E-state index in [4.69, 9.17) is 21.1 Å². The molecule has 1 heterocycles. The Balaban J connectivity index is 1.72. The maximum Gasteiger partial charge on any atom is 0.184 e. The first-order chi connectivity index (χ1) is 9.31. The summed E-state index contributed by atoms with van der Waals surface area (Å²) < 4.78 is 10.9. The zero-order valence-electron chi connectivity index (χ0n) is 10.5. The highest BCUT2D eigenvalue weighted by atomic mass is 35.5. The Labute approximate surface area is 117 Å². The fraction of sp³-hybridized carbons (Fsp3) is 0.250. The Hall–Kier alpha value is -1.35. The second-order valence-corrected chi connectivity index (χ2v) is 5.06. The van der Waals surface area contributed by atoms with Gasteiger partial charge in [0.05, 0.1) is 13.2 Å². The molecule has 0 spiro atoms. The summed E-state index contributed by atoms with van der Waals surface area (Å²) in [5.74, 6) is 0. The van der Waals surface area contributed by atoms with Gasteiger partial charge in [0.25, 0.3) is 0 Å². The minimum atomic E-state index is -0.194. The molecular formula is C16H15ClO2. The lowest BCUT2D eigenvalue weighted by Gasteiger charge is -2.10. The van der Waals surface area contributed by atoms with E-state index in [2.05, 4.69) is 30.3 Å². The molecule has 1 saturated heterocycles. The molecule has 1 aliphatic heterocycles. The van der Waals surface area contributed by atoms with Gasteiger partial charge in [0.15, 0.2) is 6.29 Å². The number of hydrogen-bond acceptors (Lipinski definition) is 2. The monoisotopic (exact) mass is 274 g/mol. The zero-order valence-corrected chi connectivity index (χ0v) is 11.3. The minimum Gasteiger partial charge on any atom is -0.346 e. The zero-order chi connectivity index (χ0) is 13.1. The maximum atomic E-state index is 5.99. The molecule has 0 atom stereocenters. The summed E-state index contributed by atoms with van der Waals surface area (Å²) in [5.41, 5.74) is 3.55. The fourth-order valence-corrected chi connectivity index (χ4v) is 2.44. The molecule has 0 aliphatic carbocycles. The average Bonchev–Trinajstić information content (AvgIpc) is 2.94. The van der Waals surface area contributed by atoms with E-state index < -0.39 is 0 Å². The van der Waals surface area contributed by atoms with Crippen LogP contribution in [0.2, 0.25) is 5.02 Å². The molecule has 1 fully saturated rings. The fourth-order valence-electron chi connectivity index (χ4n) is 2.23. The van der Waals surface area contributed by atoms with E-state index in [1.165, 1.54) is 11.1 Å². The van der Waals surface area contributed by atoms with Crippen LogP contribution in [0.1, 0.15) is 23.0 Å². The molecule has 1 aliphatic rings. The van der Waals surface area contributed by atoms with Crippen LogP contribution >= 0.6 is 11.6 Å². The summed E-state index contributed by atoms with van der Waals surface area (Å²) in [6.45, 7) is 1.35. The summed E-state index contributed by atoms with van der Waals surface area (Å²) in [7, 11) is 0. The predicted octanol–water partition coefficient (Wildman–Crippen LogP) is 3.98. The van der Waals surface area contributed by atoms with Crippen molar-refractivity contribution in [1.82, 2.24) is 0 Å². The topological polar surface area (TPSA) is 18.5 Å². The van der Waals surface area contributed by atoms with Crippen molar-refractivity contribution in [2.75, 3.05) is 13.2 Å². The molecule has 0 N–H and O–H groups in total. The average molecular weight is 275 g/mol. The molecule has 19 heavy (non-hydrogen) atoms. The molecule has 0 aromatic heterocycles. The Bertz CT molecular complexity index is 545. The first kappa shape index (κ1) is 12.7. The summed E-state index contributed by atoms with van der Waals surface area (Å²) in [6.07, 6.45) is 0.688. The molecule has 2 aromatic rings. The van der Waals surface area contributed by atoms with Crippen LogP contribution < -0.4 is 0 Å². The second kappa shape index (κ2) is 5.74. The van der Waals surface area contributed by atoms with Crippen LogP contribution in [0, 0.1) is 0 Å². The molecule has 3 rings (SSSR count). The van der Waals surface area contributed by atoms with Gasteiger partial charge < -0.3 is 9.47 Å². The highest BCUT2D eigenvalue weighted by molar-refractivity contribution is 6.30. The van der Waals surface area contributed by atoms with E-state index in [1.54, 1.807) is 0 Å². The molecule has 0 radical (unpaired) electrons. The third kappa shape index (κ3) is 3.16. The van der Waals surface area contributed by atoms with Gasteiger partial charge in [0.1, 0.15) is 0 Å². The number of ether oxygens (including phenoxy) is 2. The summed E-state index contributed by atoms with van der Waals surface area (Å²) in [4.78, 5) is 0. The van der Waals surface area contributed by atoms with E-state index in [9.17, 15) is 0 Å². The van der Waals surface area contributed by atoms with Gasteiger partial charge in [-0.05, 0) is 29.7 Å². The van der Waals surface area contributed by atoms with Crippen molar-refractivity contribution < 1.29 is 9.47 Å². The smallest absolute Gasteiger partial charge is 0.184 e. The minimum absolute atomic E-state index is 0.194. The first-order valence-electron chi connectivity index (χ1n) is 6.38.